The van der Waals surface area contributed by atoms with Gasteiger partial charge in [-0.15, -0.1) is 0 Å². The molecule has 0 spiro atoms. The van der Waals surface area contributed by atoms with Crippen LogP contribution in [-0.2, 0) is 5.60 Å². The lowest BCUT2D eigenvalue weighted by Crippen LogP contribution is -2.43. The molecule has 0 saturated carbocycles. The number of nitrogens with zero attached hydrogens (tertiary/aromatic N) is 3. The maximum atomic E-state index is 11.7. The van der Waals surface area contributed by atoms with Gasteiger partial charge in [0.05, 0.1) is 16.1 Å². The summed E-state index contributed by atoms with van der Waals surface area (Å²) in [5.74, 6) is -0.507. The number of hydrogen-bond donors (Lipinski definition) is 2. The molecule has 0 bridgehead atoms. The van der Waals surface area contributed by atoms with E-state index in [9.17, 15) is 20.0 Å². The number of primary amides is 1. The number of carbonyl (C=O) groups excluding carboxylic acids is 1. The van der Waals surface area contributed by atoms with Crippen LogP contribution in [0.4, 0.5) is 11.5 Å². The molecule has 136 valence electrons. The summed E-state index contributed by atoms with van der Waals surface area (Å²) in [6.45, 7) is 0.791. The standard InChI is InChI=1S/C17H17ClN4O4/c18-14-4-2-1-3-13(14)17(24)5-7-21(8-6-17)16-12(15(19)23)9-11(10-20-16)22(25)26/h1-4,9-10,24H,5-8H2,(H2,19,23). The highest BCUT2D eigenvalue weighted by Gasteiger charge is 2.36. The fourth-order valence-corrected chi connectivity index (χ4v) is 3.49. The molecular formula is C17H17ClN4O4. The van der Waals surface area contributed by atoms with Gasteiger partial charge in [0.1, 0.15) is 12.0 Å². The lowest BCUT2D eigenvalue weighted by atomic mass is 9.84. The van der Waals surface area contributed by atoms with Crippen LogP contribution in [-0.4, -0.2) is 34.0 Å². The number of aromatic nitrogens is 1. The number of amides is 1. The number of pyridine rings is 1. The van der Waals surface area contributed by atoms with Crippen LogP contribution in [0.15, 0.2) is 36.5 Å². The lowest BCUT2D eigenvalue weighted by Gasteiger charge is -2.39. The van der Waals surface area contributed by atoms with Gasteiger partial charge < -0.3 is 15.7 Å². The molecule has 0 unspecified atom stereocenters. The summed E-state index contributed by atoms with van der Waals surface area (Å²) < 4.78 is 0. The second kappa shape index (κ2) is 6.89. The van der Waals surface area contributed by atoms with Crippen molar-refractivity contribution in [3.8, 4) is 0 Å². The maximum Gasteiger partial charge on any atom is 0.288 e. The molecule has 2 heterocycles. The van der Waals surface area contributed by atoms with Crippen LogP contribution in [0.1, 0.15) is 28.8 Å². The topological polar surface area (TPSA) is 123 Å². The van der Waals surface area contributed by atoms with E-state index < -0.39 is 16.4 Å². The fraction of sp³-hybridized carbons (Fsp3) is 0.294. The molecule has 1 amide bonds. The van der Waals surface area contributed by atoms with Gasteiger partial charge in [-0.3, -0.25) is 14.9 Å². The first-order valence-corrected chi connectivity index (χ1v) is 8.36. The maximum absolute atomic E-state index is 11.7. The third-order valence-corrected chi connectivity index (χ3v) is 4.92. The van der Waals surface area contributed by atoms with E-state index in [4.69, 9.17) is 17.3 Å². The zero-order valence-corrected chi connectivity index (χ0v) is 14.5. The molecule has 1 aromatic carbocycles. The van der Waals surface area contributed by atoms with E-state index in [-0.39, 0.29) is 17.1 Å². The van der Waals surface area contributed by atoms with E-state index in [0.29, 0.717) is 36.5 Å². The van der Waals surface area contributed by atoms with Gasteiger partial charge in [0.15, 0.2) is 0 Å². The summed E-state index contributed by atoms with van der Waals surface area (Å²) in [5.41, 5.74) is 4.63. The Labute approximate surface area is 154 Å². The van der Waals surface area contributed by atoms with Crippen molar-refractivity contribution in [2.24, 2.45) is 5.73 Å². The van der Waals surface area contributed by atoms with Gasteiger partial charge in [0.2, 0.25) is 0 Å². The summed E-state index contributed by atoms with van der Waals surface area (Å²) in [7, 11) is 0. The van der Waals surface area contributed by atoms with Crippen molar-refractivity contribution in [1.82, 2.24) is 4.98 Å². The number of anilines is 1. The van der Waals surface area contributed by atoms with Crippen molar-refractivity contribution in [3.05, 3.63) is 62.8 Å². The average Bonchev–Trinajstić information content (AvgIpc) is 2.62. The molecule has 8 nitrogen and oxygen atoms in total. The molecule has 0 radical (unpaired) electrons. The monoisotopic (exact) mass is 376 g/mol. The van der Waals surface area contributed by atoms with Crippen molar-refractivity contribution in [3.63, 3.8) is 0 Å². The summed E-state index contributed by atoms with van der Waals surface area (Å²) in [5, 5.41) is 22.4. The van der Waals surface area contributed by atoms with Crippen LogP contribution in [0.3, 0.4) is 0 Å². The Bertz CT molecular complexity index is 866. The summed E-state index contributed by atoms with van der Waals surface area (Å²) in [6, 6.07) is 8.25. The van der Waals surface area contributed by atoms with Crippen molar-refractivity contribution in [2.75, 3.05) is 18.0 Å². The Morgan fingerprint density at radius 3 is 2.58 bits per heavy atom. The van der Waals surface area contributed by atoms with Crippen molar-refractivity contribution in [1.29, 1.82) is 0 Å². The van der Waals surface area contributed by atoms with Gasteiger partial charge in [-0.2, -0.15) is 0 Å². The molecule has 2 aromatic rings. The molecule has 3 rings (SSSR count). The highest BCUT2D eigenvalue weighted by Crippen LogP contribution is 2.38. The molecule has 0 aliphatic carbocycles. The Kier molecular flexibility index (Phi) is 4.80. The van der Waals surface area contributed by atoms with Gasteiger partial charge in [-0.1, -0.05) is 29.8 Å². The minimum absolute atomic E-state index is 0.0117. The predicted octanol–water partition coefficient (Wildman–Crippen LogP) is 2.23. The van der Waals surface area contributed by atoms with E-state index in [1.807, 2.05) is 6.07 Å². The van der Waals surface area contributed by atoms with Crippen molar-refractivity contribution >= 4 is 29.0 Å². The number of piperidine rings is 1. The van der Waals surface area contributed by atoms with Gasteiger partial charge in [0, 0.05) is 29.7 Å². The normalized spacial score (nSPS) is 16.3. The summed E-state index contributed by atoms with van der Waals surface area (Å²) >= 11 is 6.20. The zero-order chi connectivity index (χ0) is 18.9. The first-order chi connectivity index (χ1) is 12.3. The van der Waals surface area contributed by atoms with Gasteiger partial charge in [-0.05, 0) is 18.9 Å². The van der Waals surface area contributed by atoms with Crippen LogP contribution in [0, 0.1) is 10.1 Å². The summed E-state index contributed by atoms with van der Waals surface area (Å²) in [4.78, 5) is 27.8. The lowest BCUT2D eigenvalue weighted by molar-refractivity contribution is -0.385. The molecule has 26 heavy (non-hydrogen) atoms. The number of rotatable bonds is 4. The number of halogens is 1. The van der Waals surface area contributed by atoms with Crippen molar-refractivity contribution in [2.45, 2.75) is 18.4 Å². The first kappa shape index (κ1) is 18.1. The van der Waals surface area contributed by atoms with Crippen LogP contribution >= 0.6 is 11.6 Å². The van der Waals surface area contributed by atoms with Gasteiger partial charge in [-0.25, -0.2) is 4.98 Å². The third kappa shape index (κ3) is 3.33. The highest BCUT2D eigenvalue weighted by atomic mass is 35.5. The van der Waals surface area contributed by atoms with Crippen LogP contribution in [0.2, 0.25) is 5.02 Å². The molecular weight excluding hydrogens is 360 g/mol. The predicted molar refractivity (Wildman–Crippen MR) is 96.2 cm³/mol. The molecule has 1 aromatic heterocycles. The second-order valence-corrected chi connectivity index (χ2v) is 6.59. The minimum Gasteiger partial charge on any atom is -0.385 e. The Balaban J connectivity index is 1.85. The van der Waals surface area contributed by atoms with E-state index in [2.05, 4.69) is 4.98 Å². The Morgan fingerprint density at radius 2 is 2.00 bits per heavy atom. The van der Waals surface area contributed by atoms with E-state index >= 15 is 0 Å². The summed E-state index contributed by atoms with van der Waals surface area (Å²) in [6.07, 6.45) is 1.83. The quantitative estimate of drug-likeness (QED) is 0.623. The van der Waals surface area contributed by atoms with Crippen molar-refractivity contribution < 1.29 is 14.8 Å². The number of aliphatic hydroxyl groups is 1. The smallest absolute Gasteiger partial charge is 0.288 e. The Morgan fingerprint density at radius 1 is 1.35 bits per heavy atom. The number of nitro groups is 1. The molecule has 1 aliphatic heterocycles. The van der Waals surface area contributed by atoms with Crippen LogP contribution in [0.25, 0.3) is 0 Å². The number of carbonyl (C=O) groups is 1. The minimum atomic E-state index is -1.08. The molecule has 1 saturated heterocycles. The molecule has 9 heteroatoms. The van der Waals surface area contributed by atoms with E-state index in [0.717, 1.165) is 12.3 Å². The number of benzene rings is 1. The van der Waals surface area contributed by atoms with E-state index in [1.54, 1.807) is 23.1 Å². The molecule has 3 N–H and O–H groups in total. The number of nitrogens with two attached hydrogens (primary N) is 1. The van der Waals surface area contributed by atoms with Crippen LogP contribution < -0.4 is 10.6 Å². The van der Waals surface area contributed by atoms with Crippen LogP contribution in [0.5, 0.6) is 0 Å². The number of hydrogen-bond acceptors (Lipinski definition) is 6. The average molecular weight is 377 g/mol. The highest BCUT2D eigenvalue weighted by molar-refractivity contribution is 6.31. The fourth-order valence-electron chi connectivity index (χ4n) is 3.18. The molecule has 1 fully saturated rings. The zero-order valence-electron chi connectivity index (χ0n) is 13.8. The second-order valence-electron chi connectivity index (χ2n) is 6.18. The Hall–Kier alpha value is -2.71. The van der Waals surface area contributed by atoms with E-state index in [1.165, 1.54) is 0 Å². The SMILES string of the molecule is NC(=O)c1cc([N+](=O)[O-])cnc1N1CCC(O)(c2ccccc2Cl)CC1. The largest absolute Gasteiger partial charge is 0.385 e. The molecule has 1 aliphatic rings. The third-order valence-electron chi connectivity index (χ3n) is 4.59. The van der Waals surface area contributed by atoms with Gasteiger partial charge >= 0.3 is 0 Å². The first-order valence-electron chi connectivity index (χ1n) is 7.98. The molecule has 0 atom stereocenters. The van der Waals surface area contributed by atoms with Gasteiger partial charge in [0.25, 0.3) is 11.6 Å².